The van der Waals surface area contributed by atoms with Crippen LogP contribution in [0.15, 0.2) is 0 Å². The van der Waals surface area contributed by atoms with Crippen LogP contribution in [0.4, 0.5) is 0 Å². The molecule has 0 bridgehead atoms. The zero-order chi connectivity index (χ0) is 12.0. The molecule has 0 aliphatic heterocycles. The van der Waals surface area contributed by atoms with Gasteiger partial charge in [-0.25, -0.2) is 0 Å². The van der Waals surface area contributed by atoms with E-state index in [1.165, 1.54) is 19.3 Å². The summed E-state index contributed by atoms with van der Waals surface area (Å²) < 4.78 is 0. The van der Waals surface area contributed by atoms with E-state index >= 15 is 0 Å². The lowest BCUT2D eigenvalue weighted by Gasteiger charge is -2.29. The predicted molar refractivity (Wildman–Crippen MR) is 65.6 cm³/mol. The average molecular weight is 227 g/mol. The van der Waals surface area contributed by atoms with Crippen molar-refractivity contribution in [2.45, 2.75) is 51.9 Å². The smallest absolute Gasteiger partial charge is 0.310 e. The SMILES string of the molecule is CCCCCN(C)CC1(C(=O)O)CCCC1. The number of rotatable bonds is 7. The van der Waals surface area contributed by atoms with Gasteiger partial charge in [-0.05, 0) is 32.9 Å². The maximum absolute atomic E-state index is 11.4. The molecular weight excluding hydrogens is 202 g/mol. The first-order valence-electron chi connectivity index (χ1n) is 6.53. The van der Waals surface area contributed by atoms with Crippen LogP contribution in [-0.4, -0.2) is 36.1 Å². The third-order valence-electron chi connectivity index (χ3n) is 3.73. The Labute approximate surface area is 98.8 Å². The van der Waals surface area contributed by atoms with Gasteiger partial charge in [-0.2, -0.15) is 0 Å². The summed E-state index contributed by atoms with van der Waals surface area (Å²) >= 11 is 0. The summed E-state index contributed by atoms with van der Waals surface area (Å²) in [5, 5.41) is 9.36. The maximum atomic E-state index is 11.4. The minimum absolute atomic E-state index is 0.443. The Balaban J connectivity index is 2.40. The van der Waals surface area contributed by atoms with Crippen molar-refractivity contribution in [2.24, 2.45) is 5.41 Å². The van der Waals surface area contributed by atoms with E-state index in [1.807, 2.05) is 0 Å². The van der Waals surface area contributed by atoms with Crippen LogP contribution in [0.3, 0.4) is 0 Å². The molecule has 0 spiro atoms. The fraction of sp³-hybridized carbons (Fsp3) is 0.923. The van der Waals surface area contributed by atoms with Crippen molar-refractivity contribution in [1.82, 2.24) is 4.90 Å². The van der Waals surface area contributed by atoms with Gasteiger partial charge in [-0.3, -0.25) is 4.79 Å². The van der Waals surface area contributed by atoms with Gasteiger partial charge in [0.05, 0.1) is 5.41 Å². The lowest BCUT2D eigenvalue weighted by Crippen LogP contribution is -2.40. The second-order valence-corrected chi connectivity index (χ2v) is 5.24. The van der Waals surface area contributed by atoms with Gasteiger partial charge in [0.2, 0.25) is 0 Å². The molecule has 1 aliphatic rings. The summed E-state index contributed by atoms with van der Waals surface area (Å²) in [6.45, 7) is 3.95. The molecule has 0 atom stereocenters. The van der Waals surface area contributed by atoms with Gasteiger partial charge in [0, 0.05) is 6.54 Å². The topological polar surface area (TPSA) is 40.5 Å². The highest BCUT2D eigenvalue weighted by Crippen LogP contribution is 2.38. The van der Waals surface area contributed by atoms with Crippen LogP contribution in [0.1, 0.15) is 51.9 Å². The minimum atomic E-state index is -0.590. The Morgan fingerprint density at radius 1 is 1.31 bits per heavy atom. The van der Waals surface area contributed by atoms with Crippen LogP contribution in [0.25, 0.3) is 0 Å². The molecule has 1 aliphatic carbocycles. The first-order chi connectivity index (χ1) is 7.60. The molecule has 3 nitrogen and oxygen atoms in total. The van der Waals surface area contributed by atoms with Gasteiger partial charge < -0.3 is 10.0 Å². The first-order valence-corrected chi connectivity index (χ1v) is 6.53. The third kappa shape index (κ3) is 3.48. The van der Waals surface area contributed by atoms with Crippen LogP contribution in [0, 0.1) is 5.41 Å². The van der Waals surface area contributed by atoms with E-state index in [4.69, 9.17) is 0 Å². The number of aliphatic carboxylic acids is 1. The average Bonchev–Trinajstić information content (AvgIpc) is 2.68. The van der Waals surface area contributed by atoms with Crippen LogP contribution < -0.4 is 0 Å². The van der Waals surface area contributed by atoms with Crippen molar-refractivity contribution in [3.63, 3.8) is 0 Å². The Morgan fingerprint density at radius 2 is 1.94 bits per heavy atom. The standard InChI is InChI=1S/C13H25NO2/c1-3-4-7-10-14(2)11-13(12(15)16)8-5-6-9-13/h3-11H2,1-2H3,(H,15,16). The summed E-state index contributed by atoms with van der Waals surface area (Å²) in [6, 6.07) is 0. The molecule has 1 saturated carbocycles. The summed E-state index contributed by atoms with van der Waals surface area (Å²) in [6.07, 6.45) is 7.52. The van der Waals surface area contributed by atoms with Gasteiger partial charge >= 0.3 is 5.97 Å². The number of unbranched alkanes of at least 4 members (excludes halogenated alkanes) is 2. The van der Waals surface area contributed by atoms with E-state index in [0.29, 0.717) is 0 Å². The van der Waals surface area contributed by atoms with Crippen molar-refractivity contribution in [1.29, 1.82) is 0 Å². The lowest BCUT2D eigenvalue weighted by molar-refractivity contribution is -0.149. The lowest BCUT2D eigenvalue weighted by atomic mass is 9.86. The number of nitrogens with zero attached hydrogens (tertiary/aromatic N) is 1. The van der Waals surface area contributed by atoms with Crippen molar-refractivity contribution >= 4 is 5.97 Å². The van der Waals surface area contributed by atoms with E-state index in [9.17, 15) is 9.90 Å². The van der Waals surface area contributed by atoms with Crippen molar-refractivity contribution in [3.8, 4) is 0 Å². The molecule has 94 valence electrons. The molecule has 0 heterocycles. The largest absolute Gasteiger partial charge is 0.481 e. The molecule has 0 unspecified atom stereocenters. The fourth-order valence-corrected chi connectivity index (χ4v) is 2.72. The van der Waals surface area contributed by atoms with Crippen molar-refractivity contribution in [3.05, 3.63) is 0 Å². The summed E-state index contributed by atoms with van der Waals surface area (Å²) in [4.78, 5) is 13.6. The monoisotopic (exact) mass is 227 g/mol. The number of carboxylic acid groups (broad SMARTS) is 1. The number of hydrogen-bond acceptors (Lipinski definition) is 2. The molecule has 1 rings (SSSR count). The van der Waals surface area contributed by atoms with Crippen LogP contribution in [0.2, 0.25) is 0 Å². The van der Waals surface area contributed by atoms with E-state index in [2.05, 4.69) is 18.9 Å². The van der Waals surface area contributed by atoms with Crippen LogP contribution in [0.5, 0.6) is 0 Å². The van der Waals surface area contributed by atoms with E-state index in [-0.39, 0.29) is 0 Å². The van der Waals surface area contributed by atoms with Crippen molar-refractivity contribution in [2.75, 3.05) is 20.1 Å². The molecule has 0 aromatic rings. The molecule has 16 heavy (non-hydrogen) atoms. The highest BCUT2D eigenvalue weighted by Gasteiger charge is 2.41. The molecule has 0 radical (unpaired) electrons. The number of carboxylic acids is 1. The molecular formula is C13H25NO2. The van der Waals surface area contributed by atoms with Crippen molar-refractivity contribution < 1.29 is 9.90 Å². The minimum Gasteiger partial charge on any atom is -0.481 e. The fourth-order valence-electron chi connectivity index (χ4n) is 2.72. The van der Waals surface area contributed by atoms with E-state index in [0.717, 1.165) is 38.8 Å². The Morgan fingerprint density at radius 3 is 2.44 bits per heavy atom. The van der Waals surface area contributed by atoms with Gasteiger partial charge in [0.1, 0.15) is 0 Å². The Bertz CT molecular complexity index is 222. The third-order valence-corrected chi connectivity index (χ3v) is 3.73. The van der Waals surface area contributed by atoms with Crippen LogP contribution >= 0.6 is 0 Å². The first kappa shape index (κ1) is 13.5. The molecule has 1 N–H and O–H groups in total. The summed E-state index contributed by atoms with van der Waals surface area (Å²) in [5.41, 5.74) is -0.443. The molecule has 0 aromatic carbocycles. The van der Waals surface area contributed by atoms with Gasteiger partial charge in [0.25, 0.3) is 0 Å². The summed E-state index contributed by atoms with van der Waals surface area (Å²) in [5.74, 6) is -0.590. The normalized spacial score (nSPS) is 19.2. The Hall–Kier alpha value is -0.570. The quantitative estimate of drug-likeness (QED) is 0.680. The molecule has 1 fully saturated rings. The molecule has 0 aromatic heterocycles. The van der Waals surface area contributed by atoms with Gasteiger partial charge in [0.15, 0.2) is 0 Å². The molecule has 0 saturated heterocycles. The Kier molecular flexibility index (Phi) is 5.26. The van der Waals surface area contributed by atoms with Gasteiger partial charge in [-0.1, -0.05) is 32.6 Å². The van der Waals surface area contributed by atoms with E-state index in [1.54, 1.807) is 0 Å². The molecule has 3 heteroatoms. The zero-order valence-corrected chi connectivity index (χ0v) is 10.7. The molecule has 0 amide bonds. The van der Waals surface area contributed by atoms with Crippen LogP contribution in [-0.2, 0) is 4.79 Å². The van der Waals surface area contributed by atoms with E-state index < -0.39 is 11.4 Å². The zero-order valence-electron chi connectivity index (χ0n) is 10.7. The highest BCUT2D eigenvalue weighted by atomic mass is 16.4. The number of hydrogen-bond donors (Lipinski definition) is 1. The van der Waals surface area contributed by atoms with Gasteiger partial charge in [-0.15, -0.1) is 0 Å². The highest BCUT2D eigenvalue weighted by molar-refractivity contribution is 5.75. The summed E-state index contributed by atoms with van der Waals surface area (Å²) in [7, 11) is 2.05. The maximum Gasteiger partial charge on any atom is 0.310 e. The number of carbonyl (C=O) groups is 1. The predicted octanol–water partition coefficient (Wildman–Crippen LogP) is 2.75. The second-order valence-electron chi connectivity index (χ2n) is 5.24. The second kappa shape index (κ2) is 6.24.